The molecule has 0 spiro atoms. The van der Waals surface area contributed by atoms with Crippen LogP contribution in [0.25, 0.3) is 0 Å². The summed E-state index contributed by atoms with van der Waals surface area (Å²) in [6.45, 7) is 3.26. The molecule has 5 heteroatoms. The minimum atomic E-state index is -0.390. The maximum Gasteiger partial charge on any atom is 0.377 e. The number of aromatic amines is 1. The van der Waals surface area contributed by atoms with Gasteiger partial charge < -0.3 is 9.42 Å². The van der Waals surface area contributed by atoms with Gasteiger partial charge in [-0.2, -0.15) is 10.1 Å². The number of aromatic nitrogens is 2. The summed E-state index contributed by atoms with van der Waals surface area (Å²) in [5.41, 5.74) is -0.390. The van der Waals surface area contributed by atoms with Crippen molar-refractivity contribution in [2.75, 3.05) is 19.6 Å². The Hall–Kier alpha value is -1.10. The van der Waals surface area contributed by atoms with Gasteiger partial charge in [0.25, 0.3) is 0 Å². The SMILES string of the molecule is O=c1nc(CCN2CCCCC2)o[nH]1. The molecule has 2 rings (SSSR count). The minimum Gasteiger partial charge on any atom is -0.362 e. The van der Waals surface area contributed by atoms with Crippen LogP contribution in [0.15, 0.2) is 9.32 Å². The average molecular weight is 197 g/mol. The number of likely N-dealkylation sites (tertiary alicyclic amines) is 1. The lowest BCUT2D eigenvalue weighted by Crippen LogP contribution is -2.31. The summed E-state index contributed by atoms with van der Waals surface area (Å²) in [5, 5.41) is 2.20. The maximum atomic E-state index is 10.7. The van der Waals surface area contributed by atoms with Gasteiger partial charge >= 0.3 is 5.69 Å². The van der Waals surface area contributed by atoms with E-state index in [1.54, 1.807) is 0 Å². The predicted octanol–water partition coefficient (Wildman–Crippen LogP) is 0.391. The highest BCUT2D eigenvalue weighted by atomic mass is 16.5. The number of H-pyrrole nitrogens is 1. The van der Waals surface area contributed by atoms with Crippen molar-refractivity contribution in [1.29, 1.82) is 0 Å². The van der Waals surface area contributed by atoms with E-state index >= 15 is 0 Å². The molecule has 2 heterocycles. The normalized spacial score (nSPS) is 18.6. The molecule has 1 N–H and O–H groups in total. The summed E-state index contributed by atoms with van der Waals surface area (Å²) in [4.78, 5) is 16.7. The highest BCUT2D eigenvalue weighted by Crippen LogP contribution is 2.08. The Morgan fingerprint density at radius 2 is 2.14 bits per heavy atom. The third-order valence-corrected chi connectivity index (χ3v) is 2.57. The predicted molar refractivity (Wildman–Crippen MR) is 51.1 cm³/mol. The number of rotatable bonds is 3. The van der Waals surface area contributed by atoms with Crippen LogP contribution in [0.4, 0.5) is 0 Å². The van der Waals surface area contributed by atoms with Crippen LogP contribution in [0.1, 0.15) is 25.2 Å². The molecule has 78 valence electrons. The maximum absolute atomic E-state index is 10.7. The smallest absolute Gasteiger partial charge is 0.362 e. The summed E-state index contributed by atoms with van der Waals surface area (Å²) in [6, 6.07) is 0. The first-order valence-corrected chi connectivity index (χ1v) is 5.11. The third kappa shape index (κ3) is 2.45. The van der Waals surface area contributed by atoms with Crippen LogP contribution in [0.2, 0.25) is 0 Å². The first kappa shape index (κ1) is 9.45. The Labute approximate surface area is 82.1 Å². The average Bonchev–Trinajstić information content (AvgIpc) is 2.63. The van der Waals surface area contributed by atoms with Crippen LogP contribution in [-0.2, 0) is 6.42 Å². The fraction of sp³-hybridized carbons (Fsp3) is 0.778. The molecule has 0 atom stereocenters. The lowest BCUT2D eigenvalue weighted by molar-refractivity contribution is 0.223. The summed E-state index contributed by atoms with van der Waals surface area (Å²) in [7, 11) is 0. The molecule has 0 radical (unpaired) electrons. The molecule has 1 saturated heterocycles. The largest absolute Gasteiger partial charge is 0.377 e. The molecule has 1 aliphatic heterocycles. The van der Waals surface area contributed by atoms with Gasteiger partial charge in [0.1, 0.15) is 0 Å². The Kier molecular flexibility index (Phi) is 2.98. The van der Waals surface area contributed by atoms with Crippen molar-refractivity contribution in [2.24, 2.45) is 0 Å². The van der Waals surface area contributed by atoms with E-state index in [4.69, 9.17) is 4.52 Å². The zero-order valence-electron chi connectivity index (χ0n) is 8.16. The van der Waals surface area contributed by atoms with E-state index in [2.05, 4.69) is 15.0 Å². The van der Waals surface area contributed by atoms with E-state index in [0.717, 1.165) is 26.1 Å². The Balaban J connectivity index is 1.78. The molecule has 0 aromatic carbocycles. The quantitative estimate of drug-likeness (QED) is 0.761. The van der Waals surface area contributed by atoms with Crippen LogP contribution in [0.3, 0.4) is 0 Å². The fourth-order valence-corrected chi connectivity index (χ4v) is 1.81. The first-order chi connectivity index (χ1) is 6.84. The number of hydrogen-bond donors (Lipinski definition) is 1. The van der Waals surface area contributed by atoms with Crippen molar-refractivity contribution >= 4 is 0 Å². The molecule has 1 aliphatic rings. The fourth-order valence-electron chi connectivity index (χ4n) is 1.81. The molecular weight excluding hydrogens is 182 g/mol. The van der Waals surface area contributed by atoms with Gasteiger partial charge in [-0.25, -0.2) is 4.79 Å². The van der Waals surface area contributed by atoms with Gasteiger partial charge in [-0.1, -0.05) is 6.42 Å². The summed E-state index contributed by atoms with van der Waals surface area (Å²) in [5.74, 6) is 0.514. The highest BCUT2D eigenvalue weighted by molar-refractivity contribution is 4.77. The molecule has 5 nitrogen and oxygen atoms in total. The Morgan fingerprint density at radius 3 is 2.79 bits per heavy atom. The Bertz CT molecular complexity index is 325. The number of nitrogens with zero attached hydrogens (tertiary/aromatic N) is 2. The van der Waals surface area contributed by atoms with E-state index in [1.165, 1.54) is 19.3 Å². The number of hydrogen-bond acceptors (Lipinski definition) is 4. The van der Waals surface area contributed by atoms with Gasteiger partial charge in [0.2, 0.25) is 5.89 Å². The second-order valence-corrected chi connectivity index (χ2v) is 3.67. The molecule has 1 aromatic heterocycles. The number of nitrogens with one attached hydrogen (secondary N) is 1. The number of piperidine rings is 1. The van der Waals surface area contributed by atoms with Crippen molar-refractivity contribution < 1.29 is 4.52 Å². The van der Waals surface area contributed by atoms with Crippen molar-refractivity contribution in [2.45, 2.75) is 25.7 Å². The molecule has 0 amide bonds. The van der Waals surface area contributed by atoms with Gasteiger partial charge in [-0.3, -0.25) is 0 Å². The van der Waals surface area contributed by atoms with E-state index < -0.39 is 5.69 Å². The van der Waals surface area contributed by atoms with Crippen molar-refractivity contribution in [3.8, 4) is 0 Å². The molecule has 0 saturated carbocycles. The van der Waals surface area contributed by atoms with E-state index in [1.807, 2.05) is 0 Å². The molecule has 14 heavy (non-hydrogen) atoms. The van der Waals surface area contributed by atoms with E-state index in [-0.39, 0.29) is 0 Å². The van der Waals surface area contributed by atoms with Gasteiger partial charge in [-0.15, -0.1) is 0 Å². The lowest BCUT2D eigenvalue weighted by Gasteiger charge is -2.25. The van der Waals surface area contributed by atoms with Crippen LogP contribution < -0.4 is 5.69 Å². The standard InChI is InChI=1S/C9H15N3O2/c13-9-10-8(14-11-9)4-7-12-5-2-1-3-6-12/h1-7H2,(H,11,13). The molecule has 0 unspecified atom stereocenters. The first-order valence-electron chi connectivity index (χ1n) is 5.11. The zero-order chi connectivity index (χ0) is 9.80. The van der Waals surface area contributed by atoms with Gasteiger partial charge in [0.05, 0.1) is 0 Å². The lowest BCUT2D eigenvalue weighted by atomic mass is 10.1. The van der Waals surface area contributed by atoms with Crippen LogP contribution in [-0.4, -0.2) is 34.7 Å². The van der Waals surface area contributed by atoms with Gasteiger partial charge in [0.15, 0.2) is 0 Å². The van der Waals surface area contributed by atoms with E-state index in [9.17, 15) is 4.79 Å². The molecular formula is C9H15N3O2. The molecule has 1 aromatic rings. The topological polar surface area (TPSA) is 62.1 Å². The zero-order valence-corrected chi connectivity index (χ0v) is 8.16. The van der Waals surface area contributed by atoms with Crippen molar-refractivity contribution in [3.05, 3.63) is 16.4 Å². The second kappa shape index (κ2) is 4.41. The molecule has 0 bridgehead atoms. The van der Waals surface area contributed by atoms with Crippen molar-refractivity contribution in [1.82, 2.24) is 15.0 Å². The van der Waals surface area contributed by atoms with E-state index in [0.29, 0.717) is 5.89 Å². The highest BCUT2D eigenvalue weighted by Gasteiger charge is 2.11. The van der Waals surface area contributed by atoms with Gasteiger partial charge in [0, 0.05) is 13.0 Å². The summed E-state index contributed by atoms with van der Waals surface area (Å²) in [6.07, 6.45) is 4.63. The Morgan fingerprint density at radius 1 is 1.36 bits per heavy atom. The minimum absolute atomic E-state index is 0.390. The van der Waals surface area contributed by atoms with Crippen LogP contribution in [0.5, 0.6) is 0 Å². The van der Waals surface area contributed by atoms with Crippen molar-refractivity contribution in [3.63, 3.8) is 0 Å². The third-order valence-electron chi connectivity index (χ3n) is 2.57. The monoisotopic (exact) mass is 197 g/mol. The van der Waals surface area contributed by atoms with Crippen LogP contribution >= 0.6 is 0 Å². The second-order valence-electron chi connectivity index (χ2n) is 3.67. The molecule has 1 fully saturated rings. The summed E-state index contributed by atoms with van der Waals surface area (Å²) >= 11 is 0. The van der Waals surface area contributed by atoms with Crippen LogP contribution in [0, 0.1) is 0 Å². The summed E-state index contributed by atoms with van der Waals surface area (Å²) < 4.78 is 4.88. The van der Waals surface area contributed by atoms with Gasteiger partial charge in [-0.05, 0) is 25.9 Å². The molecule has 0 aliphatic carbocycles.